The second-order valence-electron chi connectivity index (χ2n) is 7.56. The van der Waals surface area contributed by atoms with Gasteiger partial charge in [-0.3, -0.25) is 4.79 Å². The number of aryl methyl sites for hydroxylation is 2. The first-order valence-corrected chi connectivity index (χ1v) is 9.76. The SMILES string of the molecule is Cc1noc(C)c1C(=O)N1CCC(Oc2cccc3c2ccn3CC(F)(F)F)CC1. The molecule has 30 heavy (non-hydrogen) atoms. The highest BCUT2D eigenvalue weighted by Gasteiger charge is 2.30. The summed E-state index contributed by atoms with van der Waals surface area (Å²) in [7, 11) is 0. The van der Waals surface area contributed by atoms with Crippen LogP contribution in [-0.4, -0.2) is 45.9 Å². The number of amides is 1. The summed E-state index contributed by atoms with van der Waals surface area (Å²) in [5.41, 5.74) is 1.56. The van der Waals surface area contributed by atoms with Gasteiger partial charge in [-0.05, 0) is 32.0 Å². The summed E-state index contributed by atoms with van der Waals surface area (Å²) >= 11 is 0. The molecule has 1 aliphatic rings. The summed E-state index contributed by atoms with van der Waals surface area (Å²) < 4.78 is 50.7. The number of benzene rings is 1. The number of hydrogen-bond donors (Lipinski definition) is 0. The number of carbonyl (C=O) groups is 1. The van der Waals surface area contributed by atoms with Crippen LogP contribution in [0.3, 0.4) is 0 Å². The molecule has 0 saturated carbocycles. The van der Waals surface area contributed by atoms with E-state index in [1.165, 1.54) is 10.8 Å². The average Bonchev–Trinajstić information content (AvgIpc) is 3.24. The number of likely N-dealkylation sites (tertiary alicyclic amines) is 1. The van der Waals surface area contributed by atoms with Crippen LogP contribution in [0.15, 0.2) is 35.0 Å². The van der Waals surface area contributed by atoms with Crippen LogP contribution in [0.25, 0.3) is 10.9 Å². The second-order valence-corrected chi connectivity index (χ2v) is 7.56. The normalized spacial score (nSPS) is 15.7. The van der Waals surface area contributed by atoms with Crippen molar-refractivity contribution >= 4 is 16.8 Å². The number of piperidine rings is 1. The molecular formula is C21H22F3N3O3. The molecule has 1 aromatic carbocycles. The van der Waals surface area contributed by atoms with Crippen molar-refractivity contribution in [1.29, 1.82) is 0 Å². The molecule has 6 nitrogen and oxygen atoms in total. The van der Waals surface area contributed by atoms with Crippen LogP contribution >= 0.6 is 0 Å². The van der Waals surface area contributed by atoms with Gasteiger partial charge < -0.3 is 18.7 Å². The van der Waals surface area contributed by atoms with Gasteiger partial charge in [-0.15, -0.1) is 0 Å². The van der Waals surface area contributed by atoms with E-state index in [1.54, 1.807) is 43.0 Å². The van der Waals surface area contributed by atoms with Crippen LogP contribution in [0.2, 0.25) is 0 Å². The molecule has 0 spiro atoms. The summed E-state index contributed by atoms with van der Waals surface area (Å²) in [5.74, 6) is 0.964. The zero-order valence-electron chi connectivity index (χ0n) is 16.7. The van der Waals surface area contributed by atoms with Gasteiger partial charge in [-0.1, -0.05) is 11.2 Å². The standard InChI is InChI=1S/C21H22F3N3O3/c1-13-19(14(2)30-25-13)20(28)26-9-6-15(7-10-26)29-18-5-3-4-17-16(18)8-11-27(17)12-21(22,23)24/h3-5,8,11,15H,6-7,9-10,12H2,1-2H3. The minimum Gasteiger partial charge on any atom is -0.490 e. The Morgan fingerprint density at radius 2 is 1.97 bits per heavy atom. The predicted octanol–water partition coefficient (Wildman–Crippen LogP) is 4.49. The average molecular weight is 421 g/mol. The molecule has 0 radical (unpaired) electrons. The summed E-state index contributed by atoms with van der Waals surface area (Å²) in [4.78, 5) is 14.5. The summed E-state index contributed by atoms with van der Waals surface area (Å²) in [6.45, 7) is 3.47. The van der Waals surface area contributed by atoms with E-state index < -0.39 is 12.7 Å². The predicted molar refractivity (Wildman–Crippen MR) is 104 cm³/mol. The van der Waals surface area contributed by atoms with Crippen LogP contribution in [0, 0.1) is 13.8 Å². The molecule has 0 aliphatic carbocycles. The van der Waals surface area contributed by atoms with Crippen molar-refractivity contribution in [2.45, 2.75) is 45.5 Å². The molecule has 0 N–H and O–H groups in total. The lowest BCUT2D eigenvalue weighted by atomic mass is 10.1. The molecule has 0 bridgehead atoms. The second kappa shape index (κ2) is 7.70. The molecule has 3 heterocycles. The zero-order chi connectivity index (χ0) is 21.5. The van der Waals surface area contributed by atoms with E-state index in [0.29, 0.717) is 59.6 Å². The Bertz CT molecular complexity index is 1040. The lowest BCUT2D eigenvalue weighted by molar-refractivity contribution is -0.139. The Balaban J connectivity index is 1.43. The van der Waals surface area contributed by atoms with Crippen LogP contribution < -0.4 is 4.74 Å². The minimum atomic E-state index is -4.29. The quantitative estimate of drug-likeness (QED) is 0.623. The number of carbonyl (C=O) groups excluding carboxylic acids is 1. The van der Waals surface area contributed by atoms with Gasteiger partial charge in [0.05, 0.1) is 11.2 Å². The number of hydrogen-bond acceptors (Lipinski definition) is 4. The zero-order valence-corrected chi connectivity index (χ0v) is 16.7. The van der Waals surface area contributed by atoms with E-state index in [9.17, 15) is 18.0 Å². The Morgan fingerprint density at radius 1 is 1.23 bits per heavy atom. The van der Waals surface area contributed by atoms with Crippen molar-refractivity contribution in [1.82, 2.24) is 14.6 Å². The smallest absolute Gasteiger partial charge is 0.406 e. The monoisotopic (exact) mass is 421 g/mol. The highest BCUT2D eigenvalue weighted by Crippen LogP contribution is 2.31. The lowest BCUT2D eigenvalue weighted by Crippen LogP contribution is -2.42. The third kappa shape index (κ3) is 4.01. The van der Waals surface area contributed by atoms with Crippen molar-refractivity contribution in [3.63, 3.8) is 0 Å². The molecule has 1 saturated heterocycles. The third-order valence-electron chi connectivity index (χ3n) is 5.39. The maximum Gasteiger partial charge on any atom is 0.406 e. The van der Waals surface area contributed by atoms with Gasteiger partial charge in [-0.25, -0.2) is 0 Å². The first-order chi connectivity index (χ1) is 14.2. The van der Waals surface area contributed by atoms with Gasteiger partial charge in [0.15, 0.2) is 0 Å². The fourth-order valence-electron chi connectivity index (χ4n) is 3.93. The van der Waals surface area contributed by atoms with Gasteiger partial charge in [-0.2, -0.15) is 13.2 Å². The Hall–Kier alpha value is -2.97. The fourth-order valence-corrected chi connectivity index (χ4v) is 3.93. The maximum atomic E-state index is 12.8. The maximum absolute atomic E-state index is 12.8. The molecule has 1 amide bonds. The topological polar surface area (TPSA) is 60.5 Å². The summed E-state index contributed by atoms with van der Waals surface area (Å²) in [6.07, 6.45) is -1.71. The van der Waals surface area contributed by atoms with Gasteiger partial charge in [0.1, 0.15) is 29.7 Å². The van der Waals surface area contributed by atoms with E-state index in [4.69, 9.17) is 9.26 Å². The van der Waals surface area contributed by atoms with Gasteiger partial charge in [0.25, 0.3) is 5.91 Å². The highest BCUT2D eigenvalue weighted by atomic mass is 19.4. The van der Waals surface area contributed by atoms with Gasteiger partial charge in [0.2, 0.25) is 0 Å². The molecule has 9 heteroatoms. The summed E-state index contributed by atoms with van der Waals surface area (Å²) in [6, 6.07) is 6.76. The number of nitrogens with zero attached hydrogens (tertiary/aromatic N) is 3. The number of aromatic nitrogens is 2. The van der Waals surface area contributed by atoms with Crippen molar-refractivity contribution < 1.29 is 27.2 Å². The number of fused-ring (bicyclic) bond motifs is 1. The Kier molecular flexibility index (Phi) is 5.21. The van der Waals surface area contributed by atoms with E-state index in [0.717, 1.165) is 0 Å². The minimum absolute atomic E-state index is 0.101. The lowest BCUT2D eigenvalue weighted by Gasteiger charge is -2.32. The van der Waals surface area contributed by atoms with Crippen molar-refractivity contribution in [3.05, 3.63) is 47.5 Å². The largest absolute Gasteiger partial charge is 0.490 e. The van der Waals surface area contributed by atoms with Crippen LogP contribution in [0.5, 0.6) is 5.75 Å². The van der Waals surface area contributed by atoms with E-state index in [2.05, 4.69) is 5.16 Å². The van der Waals surface area contributed by atoms with Crippen LogP contribution in [0.4, 0.5) is 13.2 Å². The van der Waals surface area contributed by atoms with Gasteiger partial charge in [0, 0.05) is 37.5 Å². The van der Waals surface area contributed by atoms with Gasteiger partial charge >= 0.3 is 6.18 Å². The molecule has 4 rings (SSSR count). The van der Waals surface area contributed by atoms with E-state index in [-0.39, 0.29) is 12.0 Å². The number of ether oxygens (including phenoxy) is 1. The summed E-state index contributed by atoms with van der Waals surface area (Å²) in [5, 5.41) is 4.49. The van der Waals surface area contributed by atoms with Crippen molar-refractivity contribution in [2.24, 2.45) is 0 Å². The fraction of sp³-hybridized carbons (Fsp3) is 0.429. The van der Waals surface area contributed by atoms with E-state index in [1.807, 2.05) is 0 Å². The first-order valence-electron chi connectivity index (χ1n) is 9.76. The molecule has 160 valence electrons. The molecule has 0 atom stereocenters. The van der Waals surface area contributed by atoms with Crippen molar-refractivity contribution in [2.75, 3.05) is 13.1 Å². The number of alkyl halides is 3. The number of halogens is 3. The molecule has 1 fully saturated rings. The van der Waals surface area contributed by atoms with Crippen LogP contribution in [0.1, 0.15) is 34.7 Å². The third-order valence-corrected chi connectivity index (χ3v) is 5.39. The van der Waals surface area contributed by atoms with E-state index >= 15 is 0 Å². The first kappa shape index (κ1) is 20.3. The number of rotatable bonds is 4. The Morgan fingerprint density at radius 3 is 2.60 bits per heavy atom. The Labute approximate surface area is 171 Å². The molecule has 2 aromatic heterocycles. The highest BCUT2D eigenvalue weighted by molar-refractivity contribution is 5.96. The van der Waals surface area contributed by atoms with Crippen molar-refractivity contribution in [3.8, 4) is 5.75 Å². The molecule has 3 aromatic rings. The molecular weight excluding hydrogens is 399 g/mol. The van der Waals surface area contributed by atoms with Crippen LogP contribution in [-0.2, 0) is 6.54 Å². The molecule has 0 unspecified atom stereocenters. The molecule has 1 aliphatic heterocycles.